The normalized spacial score (nSPS) is 21.1. The minimum atomic E-state index is -0.931. The van der Waals surface area contributed by atoms with Gasteiger partial charge < -0.3 is 5.32 Å². The number of imide groups is 2. The van der Waals surface area contributed by atoms with Crippen LogP contribution in [0, 0.1) is 5.92 Å². The van der Waals surface area contributed by atoms with E-state index in [1.165, 1.54) is 6.92 Å². The Balaban J connectivity index is 2.92. The summed E-state index contributed by atoms with van der Waals surface area (Å²) in [5, 5.41) is 4.66. The molecule has 2 unspecified atom stereocenters. The number of carbonyl (C=O) groups excluding carboxylic acids is 4. The van der Waals surface area contributed by atoms with Gasteiger partial charge in [0.2, 0.25) is 17.7 Å². The number of carbonyl (C=O) groups is 4. The molecule has 0 spiro atoms. The summed E-state index contributed by atoms with van der Waals surface area (Å²) in [5.41, 5.74) is 0. The standard InChI is InChI=1S/C12H19N3O4/c1-4-6-8-10(17)14-12(19)15(11(8)18)7(3)9(16)13-5-2/h7-8H,4-6H2,1-3H3,(H,13,16)(H,14,17,19). The lowest BCUT2D eigenvalue weighted by Crippen LogP contribution is -2.62. The lowest BCUT2D eigenvalue weighted by Gasteiger charge is -2.33. The van der Waals surface area contributed by atoms with E-state index in [9.17, 15) is 19.2 Å². The Labute approximate surface area is 111 Å². The monoisotopic (exact) mass is 269 g/mol. The van der Waals surface area contributed by atoms with Crippen LogP contribution in [0.5, 0.6) is 0 Å². The molecule has 0 radical (unpaired) electrons. The zero-order valence-electron chi connectivity index (χ0n) is 11.4. The number of barbiturate groups is 1. The Morgan fingerprint density at radius 3 is 2.53 bits per heavy atom. The number of nitrogens with one attached hydrogen (secondary N) is 2. The quantitative estimate of drug-likeness (QED) is 0.687. The van der Waals surface area contributed by atoms with Gasteiger partial charge in [-0.15, -0.1) is 0 Å². The summed E-state index contributed by atoms with van der Waals surface area (Å²) in [6.45, 7) is 5.45. The third-order valence-electron chi connectivity index (χ3n) is 3.00. The smallest absolute Gasteiger partial charge is 0.331 e. The number of nitrogens with zero attached hydrogens (tertiary/aromatic N) is 1. The number of likely N-dealkylation sites (N-methyl/N-ethyl adjacent to an activating group) is 1. The second-order valence-corrected chi connectivity index (χ2v) is 4.41. The van der Waals surface area contributed by atoms with Crippen LogP contribution in [0.1, 0.15) is 33.6 Å². The van der Waals surface area contributed by atoms with Crippen molar-refractivity contribution < 1.29 is 19.2 Å². The summed E-state index contributed by atoms with van der Waals surface area (Å²) < 4.78 is 0. The van der Waals surface area contributed by atoms with Gasteiger partial charge in [0.25, 0.3) is 0 Å². The molecule has 1 aliphatic rings. The SMILES string of the molecule is CCCC1C(=O)NC(=O)N(C(C)C(=O)NCC)C1=O. The molecule has 1 rings (SSSR count). The first-order valence-corrected chi connectivity index (χ1v) is 6.39. The van der Waals surface area contributed by atoms with Gasteiger partial charge >= 0.3 is 6.03 Å². The molecule has 19 heavy (non-hydrogen) atoms. The van der Waals surface area contributed by atoms with Crippen molar-refractivity contribution in [2.75, 3.05) is 6.54 Å². The second-order valence-electron chi connectivity index (χ2n) is 4.41. The Morgan fingerprint density at radius 1 is 1.37 bits per heavy atom. The molecule has 2 N–H and O–H groups in total. The van der Waals surface area contributed by atoms with Gasteiger partial charge in [0.1, 0.15) is 12.0 Å². The Morgan fingerprint density at radius 2 is 2.00 bits per heavy atom. The third-order valence-corrected chi connectivity index (χ3v) is 3.00. The molecule has 0 aromatic rings. The van der Waals surface area contributed by atoms with Gasteiger partial charge in [0.15, 0.2) is 0 Å². The van der Waals surface area contributed by atoms with Gasteiger partial charge in [-0.3, -0.25) is 24.6 Å². The van der Waals surface area contributed by atoms with Crippen LogP contribution in [0.4, 0.5) is 4.79 Å². The van der Waals surface area contributed by atoms with E-state index in [0.29, 0.717) is 19.4 Å². The highest BCUT2D eigenvalue weighted by Gasteiger charge is 2.43. The van der Waals surface area contributed by atoms with Crippen LogP contribution in [0.3, 0.4) is 0 Å². The molecule has 7 heteroatoms. The first kappa shape index (κ1) is 15.1. The van der Waals surface area contributed by atoms with Gasteiger partial charge in [-0.05, 0) is 20.3 Å². The predicted octanol–water partition coefficient (Wildman–Crippen LogP) is 0.00570. The highest BCUT2D eigenvalue weighted by atomic mass is 16.2. The fourth-order valence-electron chi connectivity index (χ4n) is 1.98. The zero-order chi connectivity index (χ0) is 14.6. The van der Waals surface area contributed by atoms with E-state index in [-0.39, 0.29) is 0 Å². The van der Waals surface area contributed by atoms with Crippen molar-refractivity contribution in [1.29, 1.82) is 0 Å². The van der Waals surface area contributed by atoms with Crippen molar-refractivity contribution in [1.82, 2.24) is 15.5 Å². The minimum absolute atomic E-state index is 0.358. The maximum Gasteiger partial charge on any atom is 0.331 e. The molecule has 0 saturated carbocycles. The Hall–Kier alpha value is -1.92. The van der Waals surface area contributed by atoms with Gasteiger partial charge in [-0.1, -0.05) is 13.3 Å². The molecule has 7 nitrogen and oxygen atoms in total. The molecule has 0 aromatic heterocycles. The minimum Gasteiger partial charge on any atom is -0.355 e. The molecule has 0 aliphatic carbocycles. The summed E-state index contributed by atoms with van der Waals surface area (Å²) in [6, 6.07) is -1.76. The van der Waals surface area contributed by atoms with Crippen molar-refractivity contribution >= 4 is 23.8 Å². The first-order chi connectivity index (χ1) is 8.93. The van der Waals surface area contributed by atoms with Crippen molar-refractivity contribution in [2.45, 2.75) is 39.7 Å². The van der Waals surface area contributed by atoms with Gasteiger partial charge in [0, 0.05) is 6.54 Å². The van der Waals surface area contributed by atoms with E-state index in [1.807, 2.05) is 6.92 Å². The molecule has 1 fully saturated rings. The maximum absolute atomic E-state index is 12.2. The number of hydrogen-bond acceptors (Lipinski definition) is 4. The van der Waals surface area contributed by atoms with Gasteiger partial charge in [0.05, 0.1) is 0 Å². The first-order valence-electron chi connectivity index (χ1n) is 6.39. The summed E-state index contributed by atoms with van der Waals surface area (Å²) in [7, 11) is 0. The molecule has 2 atom stereocenters. The molecule has 1 aliphatic heterocycles. The molecular formula is C12H19N3O4. The van der Waals surface area contributed by atoms with E-state index in [1.54, 1.807) is 6.92 Å². The Bertz CT molecular complexity index is 408. The van der Waals surface area contributed by atoms with E-state index < -0.39 is 35.7 Å². The lowest BCUT2D eigenvalue weighted by atomic mass is 9.98. The summed E-state index contributed by atoms with van der Waals surface area (Å²) >= 11 is 0. The van der Waals surface area contributed by atoms with Crippen LogP contribution < -0.4 is 10.6 Å². The third kappa shape index (κ3) is 3.10. The highest BCUT2D eigenvalue weighted by Crippen LogP contribution is 2.18. The second kappa shape index (κ2) is 6.31. The number of urea groups is 1. The van der Waals surface area contributed by atoms with Crippen LogP contribution in [-0.2, 0) is 14.4 Å². The maximum atomic E-state index is 12.2. The summed E-state index contributed by atoms with van der Waals surface area (Å²) in [5.74, 6) is -2.50. The molecule has 0 aromatic carbocycles. The van der Waals surface area contributed by atoms with Crippen LogP contribution >= 0.6 is 0 Å². The van der Waals surface area contributed by atoms with E-state index in [2.05, 4.69) is 10.6 Å². The molecule has 0 bridgehead atoms. The Kier molecular flexibility index (Phi) is 5.02. The topological polar surface area (TPSA) is 95.6 Å². The van der Waals surface area contributed by atoms with E-state index in [0.717, 1.165) is 4.90 Å². The largest absolute Gasteiger partial charge is 0.355 e. The van der Waals surface area contributed by atoms with Gasteiger partial charge in [-0.2, -0.15) is 0 Å². The number of hydrogen-bond donors (Lipinski definition) is 2. The summed E-state index contributed by atoms with van der Waals surface area (Å²) in [6.07, 6.45) is 0.998. The molecule has 106 valence electrons. The van der Waals surface area contributed by atoms with Crippen LogP contribution in [-0.4, -0.2) is 41.2 Å². The summed E-state index contributed by atoms with van der Waals surface area (Å²) in [4.78, 5) is 48.0. The fourth-order valence-corrected chi connectivity index (χ4v) is 1.98. The van der Waals surface area contributed by atoms with Crippen LogP contribution in [0.2, 0.25) is 0 Å². The van der Waals surface area contributed by atoms with Crippen molar-refractivity contribution in [2.24, 2.45) is 5.92 Å². The number of amides is 5. The van der Waals surface area contributed by atoms with Crippen molar-refractivity contribution in [3.8, 4) is 0 Å². The molecule has 5 amide bonds. The zero-order valence-corrected chi connectivity index (χ0v) is 11.4. The highest BCUT2D eigenvalue weighted by molar-refractivity contribution is 6.17. The van der Waals surface area contributed by atoms with E-state index in [4.69, 9.17) is 0 Å². The number of rotatable bonds is 5. The van der Waals surface area contributed by atoms with Crippen molar-refractivity contribution in [3.05, 3.63) is 0 Å². The van der Waals surface area contributed by atoms with Crippen LogP contribution in [0.25, 0.3) is 0 Å². The van der Waals surface area contributed by atoms with Crippen LogP contribution in [0.15, 0.2) is 0 Å². The van der Waals surface area contributed by atoms with E-state index >= 15 is 0 Å². The molecule has 1 saturated heterocycles. The average Bonchev–Trinajstić information content (AvgIpc) is 2.34. The molecular weight excluding hydrogens is 250 g/mol. The average molecular weight is 269 g/mol. The predicted molar refractivity (Wildman–Crippen MR) is 66.9 cm³/mol. The fraction of sp³-hybridized carbons (Fsp3) is 0.667. The lowest BCUT2D eigenvalue weighted by molar-refractivity contribution is -0.147. The van der Waals surface area contributed by atoms with Crippen molar-refractivity contribution in [3.63, 3.8) is 0 Å². The molecule has 1 heterocycles. The van der Waals surface area contributed by atoms with Gasteiger partial charge in [-0.25, -0.2) is 4.79 Å².